The lowest BCUT2D eigenvalue weighted by molar-refractivity contribution is -0.136. The van der Waals surface area contributed by atoms with Crippen molar-refractivity contribution in [1.82, 2.24) is 24.5 Å². The predicted octanol–water partition coefficient (Wildman–Crippen LogP) is 3.29. The standard InChI is InChI=1S/C21H34N6O/c1-6-8-9-16(7-2)18(28)25-12-14-26(15-13-25)20-23-19-22-11-10-17(21(3,4)5)27(19)24-20/h10-11,16H,6-9,12-15H2,1-5H3. The Hall–Kier alpha value is -2.18. The van der Waals surface area contributed by atoms with Crippen LogP contribution >= 0.6 is 0 Å². The van der Waals surface area contributed by atoms with Crippen molar-refractivity contribution < 1.29 is 4.79 Å². The summed E-state index contributed by atoms with van der Waals surface area (Å²) >= 11 is 0. The third kappa shape index (κ3) is 4.28. The molecule has 28 heavy (non-hydrogen) atoms. The van der Waals surface area contributed by atoms with Gasteiger partial charge in [0.15, 0.2) is 0 Å². The summed E-state index contributed by atoms with van der Waals surface area (Å²) in [5.41, 5.74) is 1.05. The van der Waals surface area contributed by atoms with E-state index in [1.54, 1.807) is 6.20 Å². The third-order valence-electron chi connectivity index (χ3n) is 5.62. The van der Waals surface area contributed by atoms with Gasteiger partial charge in [0.05, 0.1) is 5.69 Å². The second kappa shape index (κ2) is 8.45. The highest BCUT2D eigenvalue weighted by atomic mass is 16.2. The summed E-state index contributed by atoms with van der Waals surface area (Å²) < 4.78 is 1.85. The van der Waals surface area contributed by atoms with Gasteiger partial charge in [0.1, 0.15) is 0 Å². The van der Waals surface area contributed by atoms with Gasteiger partial charge in [0, 0.05) is 43.7 Å². The van der Waals surface area contributed by atoms with Crippen molar-refractivity contribution in [3.05, 3.63) is 18.0 Å². The van der Waals surface area contributed by atoms with Gasteiger partial charge in [-0.15, -0.1) is 5.10 Å². The van der Waals surface area contributed by atoms with Crippen molar-refractivity contribution in [2.75, 3.05) is 31.1 Å². The second-order valence-electron chi connectivity index (χ2n) is 8.76. The Balaban J connectivity index is 1.69. The van der Waals surface area contributed by atoms with Gasteiger partial charge < -0.3 is 9.80 Å². The number of anilines is 1. The lowest BCUT2D eigenvalue weighted by Crippen LogP contribution is -2.50. The van der Waals surface area contributed by atoms with E-state index in [0.717, 1.165) is 57.6 Å². The van der Waals surface area contributed by atoms with Crippen molar-refractivity contribution in [3.63, 3.8) is 0 Å². The Kier molecular flexibility index (Phi) is 6.20. The van der Waals surface area contributed by atoms with E-state index in [-0.39, 0.29) is 11.3 Å². The number of nitrogens with zero attached hydrogens (tertiary/aromatic N) is 6. The first-order valence-electron chi connectivity index (χ1n) is 10.6. The van der Waals surface area contributed by atoms with Crippen LogP contribution in [-0.4, -0.2) is 56.6 Å². The highest BCUT2D eigenvalue weighted by Gasteiger charge is 2.28. The number of carbonyl (C=O) groups is 1. The molecule has 0 aliphatic carbocycles. The molecule has 1 aliphatic heterocycles. The molecular formula is C21H34N6O. The number of hydrogen-bond acceptors (Lipinski definition) is 5. The monoisotopic (exact) mass is 386 g/mol. The summed E-state index contributed by atoms with van der Waals surface area (Å²) in [6.07, 6.45) is 5.99. The van der Waals surface area contributed by atoms with Crippen LogP contribution in [0.2, 0.25) is 0 Å². The number of piperazine rings is 1. The number of hydrogen-bond donors (Lipinski definition) is 0. The van der Waals surface area contributed by atoms with Gasteiger partial charge in [-0.3, -0.25) is 4.79 Å². The number of rotatable bonds is 6. The van der Waals surface area contributed by atoms with E-state index in [0.29, 0.717) is 17.6 Å². The Morgan fingerprint density at radius 1 is 1.18 bits per heavy atom. The van der Waals surface area contributed by atoms with Gasteiger partial charge in [0.2, 0.25) is 11.9 Å². The molecule has 2 aromatic rings. The quantitative estimate of drug-likeness (QED) is 0.762. The van der Waals surface area contributed by atoms with Crippen LogP contribution in [0.4, 0.5) is 5.95 Å². The van der Waals surface area contributed by atoms with Crippen molar-refractivity contribution in [2.45, 2.75) is 65.7 Å². The maximum absolute atomic E-state index is 12.8. The Morgan fingerprint density at radius 3 is 2.50 bits per heavy atom. The molecule has 0 aromatic carbocycles. The summed E-state index contributed by atoms with van der Waals surface area (Å²) in [5, 5.41) is 4.73. The first-order valence-corrected chi connectivity index (χ1v) is 10.6. The number of fused-ring (bicyclic) bond motifs is 1. The zero-order chi connectivity index (χ0) is 20.3. The van der Waals surface area contributed by atoms with Gasteiger partial charge in [-0.25, -0.2) is 4.98 Å². The van der Waals surface area contributed by atoms with Gasteiger partial charge in [-0.05, 0) is 18.9 Å². The zero-order valence-electron chi connectivity index (χ0n) is 18.0. The molecule has 7 heteroatoms. The molecule has 1 atom stereocenters. The summed E-state index contributed by atoms with van der Waals surface area (Å²) in [4.78, 5) is 26.0. The lowest BCUT2D eigenvalue weighted by Gasteiger charge is -2.35. The maximum atomic E-state index is 12.8. The normalized spacial score (nSPS) is 16.6. The van der Waals surface area contributed by atoms with Crippen molar-refractivity contribution in [3.8, 4) is 0 Å². The third-order valence-corrected chi connectivity index (χ3v) is 5.62. The molecule has 154 valence electrons. The SMILES string of the molecule is CCCCC(CC)C(=O)N1CCN(c2nc3nccc(C(C)(C)C)n3n2)CC1. The van der Waals surface area contributed by atoms with E-state index in [4.69, 9.17) is 5.10 Å². The predicted molar refractivity (Wildman–Crippen MR) is 112 cm³/mol. The van der Waals surface area contributed by atoms with Crippen molar-refractivity contribution in [2.24, 2.45) is 5.92 Å². The summed E-state index contributed by atoms with van der Waals surface area (Å²) in [6.45, 7) is 13.8. The van der Waals surface area contributed by atoms with E-state index >= 15 is 0 Å². The van der Waals surface area contributed by atoms with Gasteiger partial charge in [0.25, 0.3) is 5.78 Å². The average Bonchev–Trinajstić information content (AvgIpc) is 3.12. The molecule has 1 unspecified atom stereocenters. The Morgan fingerprint density at radius 2 is 1.89 bits per heavy atom. The highest BCUT2D eigenvalue weighted by Crippen LogP contribution is 2.23. The summed E-state index contributed by atoms with van der Waals surface area (Å²) in [7, 11) is 0. The summed E-state index contributed by atoms with van der Waals surface area (Å²) in [6, 6.07) is 2.00. The highest BCUT2D eigenvalue weighted by molar-refractivity contribution is 5.79. The van der Waals surface area contributed by atoms with Gasteiger partial charge >= 0.3 is 0 Å². The molecule has 0 saturated carbocycles. The molecule has 0 N–H and O–H groups in total. The fourth-order valence-electron chi connectivity index (χ4n) is 3.82. The molecule has 1 saturated heterocycles. The minimum absolute atomic E-state index is 0.0368. The number of aromatic nitrogens is 4. The molecule has 7 nitrogen and oxygen atoms in total. The van der Waals surface area contributed by atoms with Crippen LogP contribution in [0, 0.1) is 5.92 Å². The average molecular weight is 387 g/mol. The minimum atomic E-state index is -0.0368. The van der Waals surface area contributed by atoms with E-state index in [2.05, 4.69) is 49.5 Å². The summed E-state index contributed by atoms with van der Waals surface area (Å²) in [5.74, 6) is 1.81. The molecule has 0 radical (unpaired) electrons. The molecule has 2 aromatic heterocycles. The van der Waals surface area contributed by atoms with E-state index < -0.39 is 0 Å². The maximum Gasteiger partial charge on any atom is 0.254 e. The van der Waals surface area contributed by atoms with E-state index in [9.17, 15) is 4.79 Å². The molecular weight excluding hydrogens is 352 g/mol. The van der Waals surface area contributed by atoms with Crippen LogP contribution < -0.4 is 4.90 Å². The van der Waals surface area contributed by atoms with Crippen molar-refractivity contribution >= 4 is 17.6 Å². The molecule has 1 fully saturated rings. The molecule has 1 aliphatic rings. The number of carbonyl (C=O) groups excluding carboxylic acids is 1. The van der Waals surface area contributed by atoms with Crippen LogP contribution in [0.1, 0.15) is 66.0 Å². The van der Waals surface area contributed by atoms with E-state index in [1.807, 2.05) is 15.5 Å². The molecule has 0 spiro atoms. The second-order valence-corrected chi connectivity index (χ2v) is 8.76. The van der Waals surface area contributed by atoms with Crippen molar-refractivity contribution in [1.29, 1.82) is 0 Å². The van der Waals surface area contributed by atoms with E-state index in [1.165, 1.54) is 0 Å². The first-order chi connectivity index (χ1) is 13.3. The van der Waals surface area contributed by atoms with Crippen LogP contribution in [0.3, 0.4) is 0 Å². The molecule has 1 amide bonds. The fourth-order valence-corrected chi connectivity index (χ4v) is 3.82. The van der Waals surface area contributed by atoms with Gasteiger partial charge in [-0.2, -0.15) is 9.50 Å². The largest absolute Gasteiger partial charge is 0.339 e. The molecule has 3 heterocycles. The Labute approximate surface area is 168 Å². The van der Waals surface area contributed by atoms with Gasteiger partial charge in [-0.1, -0.05) is 47.5 Å². The smallest absolute Gasteiger partial charge is 0.254 e. The fraction of sp³-hybridized carbons (Fsp3) is 0.714. The van der Waals surface area contributed by atoms with Crippen LogP contribution in [0.25, 0.3) is 5.78 Å². The number of unbranched alkanes of at least 4 members (excludes halogenated alkanes) is 1. The van der Waals surface area contributed by atoms with Crippen LogP contribution in [0.15, 0.2) is 12.3 Å². The van der Waals surface area contributed by atoms with Crippen LogP contribution in [-0.2, 0) is 10.2 Å². The first kappa shape index (κ1) is 20.6. The lowest BCUT2D eigenvalue weighted by atomic mass is 9.92. The zero-order valence-corrected chi connectivity index (χ0v) is 18.0. The number of amides is 1. The topological polar surface area (TPSA) is 66.6 Å². The minimum Gasteiger partial charge on any atom is -0.339 e. The molecule has 3 rings (SSSR count). The van der Waals surface area contributed by atoms with Crippen LogP contribution in [0.5, 0.6) is 0 Å². The molecule has 0 bridgehead atoms. The Bertz CT molecular complexity index is 801.